The fraction of sp³-hybridized carbons (Fsp3) is 0.125. The standard InChI is InChI=1S/C16H12BrNO2S/c1-8-3-4-11-12(16(19)20)6-13(18-15(11)9(8)2)14-5-10(17)7-21-14/h3-7H,1-2H3,(H,19,20). The molecule has 0 fully saturated rings. The van der Waals surface area contributed by atoms with E-state index in [2.05, 4.69) is 20.9 Å². The third-order valence-corrected chi connectivity index (χ3v) is 5.27. The van der Waals surface area contributed by atoms with Crippen molar-refractivity contribution in [3.05, 3.63) is 50.8 Å². The highest BCUT2D eigenvalue weighted by molar-refractivity contribution is 9.10. The number of thiophene rings is 1. The smallest absolute Gasteiger partial charge is 0.336 e. The van der Waals surface area contributed by atoms with Crippen LogP contribution in [0.3, 0.4) is 0 Å². The maximum atomic E-state index is 11.6. The van der Waals surface area contributed by atoms with Crippen molar-refractivity contribution in [2.45, 2.75) is 13.8 Å². The van der Waals surface area contributed by atoms with Gasteiger partial charge in [-0.15, -0.1) is 11.3 Å². The van der Waals surface area contributed by atoms with E-state index in [1.807, 2.05) is 37.4 Å². The van der Waals surface area contributed by atoms with Crippen LogP contribution in [0.15, 0.2) is 34.1 Å². The maximum Gasteiger partial charge on any atom is 0.336 e. The first-order valence-electron chi connectivity index (χ1n) is 6.36. The molecule has 5 heteroatoms. The molecule has 0 aliphatic carbocycles. The van der Waals surface area contributed by atoms with Crippen molar-refractivity contribution in [2.24, 2.45) is 0 Å². The van der Waals surface area contributed by atoms with Gasteiger partial charge in [0, 0.05) is 15.2 Å². The van der Waals surface area contributed by atoms with Gasteiger partial charge in [-0.05, 0) is 53.0 Å². The number of aromatic carboxylic acids is 1. The van der Waals surface area contributed by atoms with Gasteiger partial charge in [0.2, 0.25) is 0 Å². The van der Waals surface area contributed by atoms with Crippen LogP contribution in [0.4, 0.5) is 0 Å². The minimum atomic E-state index is -0.928. The molecule has 0 saturated heterocycles. The SMILES string of the molecule is Cc1ccc2c(C(=O)O)cc(-c3cc(Br)cs3)nc2c1C. The predicted octanol–water partition coefficient (Wildman–Crippen LogP) is 5.04. The van der Waals surface area contributed by atoms with Crippen LogP contribution in [0.2, 0.25) is 0 Å². The topological polar surface area (TPSA) is 50.2 Å². The number of aromatic nitrogens is 1. The van der Waals surface area contributed by atoms with E-state index in [1.54, 1.807) is 6.07 Å². The first-order valence-corrected chi connectivity index (χ1v) is 8.03. The van der Waals surface area contributed by atoms with Crippen molar-refractivity contribution < 1.29 is 9.90 Å². The minimum Gasteiger partial charge on any atom is -0.478 e. The van der Waals surface area contributed by atoms with Gasteiger partial charge in [-0.25, -0.2) is 9.78 Å². The molecule has 0 spiro atoms. The van der Waals surface area contributed by atoms with Crippen molar-refractivity contribution in [3.63, 3.8) is 0 Å². The predicted molar refractivity (Wildman–Crippen MR) is 89.2 cm³/mol. The summed E-state index contributed by atoms with van der Waals surface area (Å²) in [4.78, 5) is 17.2. The zero-order chi connectivity index (χ0) is 15.1. The first-order chi connectivity index (χ1) is 9.97. The van der Waals surface area contributed by atoms with Gasteiger partial charge in [0.15, 0.2) is 0 Å². The molecule has 3 nitrogen and oxygen atoms in total. The molecular weight excluding hydrogens is 350 g/mol. The van der Waals surface area contributed by atoms with Crippen LogP contribution in [0.25, 0.3) is 21.5 Å². The molecule has 0 saturated carbocycles. The number of carboxylic acid groups (broad SMARTS) is 1. The molecule has 3 rings (SSSR count). The number of rotatable bonds is 2. The zero-order valence-corrected chi connectivity index (χ0v) is 13.9. The van der Waals surface area contributed by atoms with E-state index in [-0.39, 0.29) is 0 Å². The van der Waals surface area contributed by atoms with E-state index in [4.69, 9.17) is 0 Å². The number of fused-ring (bicyclic) bond motifs is 1. The Bertz CT molecular complexity index is 870. The van der Waals surface area contributed by atoms with Gasteiger partial charge in [-0.2, -0.15) is 0 Å². The lowest BCUT2D eigenvalue weighted by Crippen LogP contribution is -2.01. The summed E-state index contributed by atoms with van der Waals surface area (Å²) in [7, 11) is 0. The maximum absolute atomic E-state index is 11.6. The van der Waals surface area contributed by atoms with Gasteiger partial charge in [0.1, 0.15) is 0 Å². The molecule has 0 atom stereocenters. The van der Waals surface area contributed by atoms with Gasteiger partial charge >= 0.3 is 5.97 Å². The number of aryl methyl sites for hydroxylation is 2. The quantitative estimate of drug-likeness (QED) is 0.695. The van der Waals surface area contributed by atoms with Crippen molar-refractivity contribution >= 4 is 44.1 Å². The molecule has 3 aromatic rings. The van der Waals surface area contributed by atoms with Gasteiger partial charge in [-0.1, -0.05) is 12.1 Å². The number of hydrogen-bond donors (Lipinski definition) is 1. The average Bonchev–Trinajstić information content (AvgIpc) is 2.88. The van der Waals surface area contributed by atoms with Crippen LogP contribution in [0.1, 0.15) is 21.5 Å². The van der Waals surface area contributed by atoms with Gasteiger partial charge in [0.25, 0.3) is 0 Å². The summed E-state index contributed by atoms with van der Waals surface area (Å²) in [5.74, 6) is -0.928. The summed E-state index contributed by atoms with van der Waals surface area (Å²) < 4.78 is 0.974. The number of carboxylic acids is 1. The van der Waals surface area contributed by atoms with Crippen LogP contribution >= 0.6 is 27.3 Å². The molecule has 1 N–H and O–H groups in total. The Morgan fingerprint density at radius 2 is 2.05 bits per heavy atom. The molecule has 1 aromatic carbocycles. The van der Waals surface area contributed by atoms with E-state index in [1.165, 1.54) is 11.3 Å². The Kier molecular flexibility index (Phi) is 3.55. The molecule has 2 aromatic heterocycles. The Morgan fingerprint density at radius 1 is 1.29 bits per heavy atom. The van der Waals surface area contributed by atoms with Gasteiger partial charge < -0.3 is 5.11 Å². The van der Waals surface area contributed by atoms with E-state index >= 15 is 0 Å². The second-order valence-electron chi connectivity index (χ2n) is 4.89. The van der Waals surface area contributed by atoms with Gasteiger partial charge in [-0.3, -0.25) is 0 Å². The molecule has 0 bridgehead atoms. The third-order valence-electron chi connectivity index (χ3n) is 3.56. The monoisotopic (exact) mass is 361 g/mol. The second-order valence-corrected chi connectivity index (χ2v) is 6.72. The highest BCUT2D eigenvalue weighted by atomic mass is 79.9. The Balaban J connectivity index is 2.38. The average molecular weight is 362 g/mol. The number of benzene rings is 1. The molecule has 0 radical (unpaired) electrons. The van der Waals surface area contributed by atoms with Crippen LogP contribution in [0, 0.1) is 13.8 Å². The van der Waals surface area contributed by atoms with Crippen molar-refractivity contribution in [1.82, 2.24) is 4.98 Å². The minimum absolute atomic E-state index is 0.294. The van der Waals surface area contributed by atoms with Crippen molar-refractivity contribution in [3.8, 4) is 10.6 Å². The molecule has 106 valence electrons. The molecule has 21 heavy (non-hydrogen) atoms. The normalized spacial score (nSPS) is 11.0. The largest absolute Gasteiger partial charge is 0.478 e. The fourth-order valence-electron chi connectivity index (χ4n) is 2.28. The lowest BCUT2D eigenvalue weighted by atomic mass is 10.0. The Morgan fingerprint density at radius 3 is 2.67 bits per heavy atom. The number of nitrogens with zero attached hydrogens (tertiary/aromatic N) is 1. The van der Waals surface area contributed by atoms with E-state index < -0.39 is 5.97 Å². The Hall–Kier alpha value is -1.72. The fourth-order valence-corrected chi connectivity index (χ4v) is 3.67. The lowest BCUT2D eigenvalue weighted by Gasteiger charge is -2.09. The number of carbonyl (C=O) groups is 1. The van der Waals surface area contributed by atoms with E-state index in [0.29, 0.717) is 16.6 Å². The third kappa shape index (κ3) is 2.47. The van der Waals surface area contributed by atoms with Crippen molar-refractivity contribution in [2.75, 3.05) is 0 Å². The summed E-state index contributed by atoms with van der Waals surface area (Å²) in [6.07, 6.45) is 0. The zero-order valence-electron chi connectivity index (χ0n) is 11.5. The van der Waals surface area contributed by atoms with Gasteiger partial charge in [0.05, 0.1) is 21.7 Å². The number of hydrogen-bond acceptors (Lipinski definition) is 3. The van der Waals surface area contributed by atoms with Crippen molar-refractivity contribution in [1.29, 1.82) is 0 Å². The molecule has 0 aliphatic heterocycles. The molecule has 2 heterocycles. The summed E-state index contributed by atoms with van der Waals surface area (Å²) in [6.45, 7) is 3.98. The second kappa shape index (κ2) is 5.24. The van der Waals surface area contributed by atoms with Crippen LogP contribution < -0.4 is 0 Å². The van der Waals surface area contributed by atoms with Crippen LogP contribution in [0.5, 0.6) is 0 Å². The lowest BCUT2D eigenvalue weighted by molar-refractivity contribution is 0.0699. The highest BCUT2D eigenvalue weighted by Crippen LogP contribution is 2.32. The summed E-state index contributed by atoms with van der Waals surface area (Å²) in [6, 6.07) is 7.38. The van der Waals surface area contributed by atoms with Crippen LogP contribution in [-0.2, 0) is 0 Å². The molecular formula is C16H12BrNO2S. The molecule has 0 unspecified atom stereocenters. The number of halogens is 1. The van der Waals surface area contributed by atoms with E-state index in [9.17, 15) is 9.90 Å². The van der Waals surface area contributed by atoms with E-state index in [0.717, 1.165) is 26.0 Å². The summed E-state index contributed by atoms with van der Waals surface area (Å²) in [5.41, 5.74) is 3.88. The summed E-state index contributed by atoms with van der Waals surface area (Å²) >= 11 is 4.96. The summed E-state index contributed by atoms with van der Waals surface area (Å²) in [5, 5.41) is 12.1. The highest BCUT2D eigenvalue weighted by Gasteiger charge is 2.15. The number of pyridine rings is 1. The first kappa shape index (κ1) is 14.2. The molecule has 0 amide bonds. The van der Waals surface area contributed by atoms with Crippen LogP contribution in [-0.4, -0.2) is 16.1 Å². The molecule has 0 aliphatic rings. The Labute approximate surface area is 134 Å².